The molecule has 2 atom stereocenters. The van der Waals surface area contributed by atoms with Crippen LogP contribution in [0.1, 0.15) is 19.3 Å². The van der Waals surface area contributed by atoms with Crippen molar-refractivity contribution in [2.45, 2.75) is 19.3 Å². The summed E-state index contributed by atoms with van der Waals surface area (Å²) in [4.78, 5) is 17.9. The third-order valence-corrected chi connectivity index (χ3v) is 2.28. The number of hydrogen-bond acceptors (Lipinski definition) is 3. The van der Waals surface area contributed by atoms with Crippen LogP contribution in [-0.4, -0.2) is 12.9 Å². The highest BCUT2D eigenvalue weighted by atomic mass is 16.6. The minimum Gasteiger partial charge on any atom is -0.398 e. The summed E-state index contributed by atoms with van der Waals surface area (Å²) in [5, 5.41) is 0. The van der Waals surface area contributed by atoms with Crippen LogP contribution in [0, 0.1) is 11.8 Å². The first kappa shape index (κ1) is 8.97. The van der Waals surface area contributed by atoms with Crippen LogP contribution in [0.4, 0.5) is 0 Å². The van der Waals surface area contributed by atoms with E-state index in [1.807, 2.05) is 0 Å². The number of ether oxygens (including phenoxy) is 1. The van der Waals surface area contributed by atoms with E-state index in [1.54, 1.807) is 0 Å². The predicted octanol–water partition coefficient (Wildman–Crippen LogP) is 1.29. The minimum absolute atomic E-state index is 0.0625. The summed E-state index contributed by atoms with van der Waals surface area (Å²) in [6, 6.07) is 0. The standard InChI is InChI=1S/C7H10.C2H2O3/c1-2-7-4-3-6(1)5-7;3-1-5-2-4/h1-2,6-7H,3-5H2;1-2H. The Bertz CT molecular complexity index is 168. The van der Waals surface area contributed by atoms with Gasteiger partial charge in [-0.3, -0.25) is 9.59 Å². The molecule has 1 saturated carbocycles. The van der Waals surface area contributed by atoms with Crippen molar-refractivity contribution in [3.8, 4) is 0 Å². The van der Waals surface area contributed by atoms with Crippen LogP contribution in [0.5, 0.6) is 0 Å². The molecule has 66 valence electrons. The monoisotopic (exact) mass is 168 g/mol. The van der Waals surface area contributed by atoms with E-state index in [9.17, 15) is 0 Å². The van der Waals surface area contributed by atoms with Crippen LogP contribution in [0.25, 0.3) is 0 Å². The van der Waals surface area contributed by atoms with Gasteiger partial charge in [0.25, 0.3) is 0 Å². The van der Waals surface area contributed by atoms with E-state index in [0.29, 0.717) is 0 Å². The molecule has 0 aromatic heterocycles. The van der Waals surface area contributed by atoms with E-state index in [4.69, 9.17) is 9.59 Å². The molecule has 12 heavy (non-hydrogen) atoms. The second-order valence-corrected chi connectivity index (χ2v) is 3.05. The summed E-state index contributed by atoms with van der Waals surface area (Å²) >= 11 is 0. The fourth-order valence-electron chi connectivity index (χ4n) is 1.74. The summed E-state index contributed by atoms with van der Waals surface area (Å²) in [6.45, 7) is 0.125. The molecule has 0 aromatic rings. The first-order valence-electron chi connectivity index (χ1n) is 4.08. The first-order chi connectivity index (χ1) is 5.86. The van der Waals surface area contributed by atoms with Crippen molar-refractivity contribution in [3.63, 3.8) is 0 Å². The highest BCUT2D eigenvalue weighted by Gasteiger charge is 2.25. The normalized spacial score (nSPS) is 29.0. The number of carbonyl (C=O) groups excluding carboxylic acids is 2. The lowest BCUT2D eigenvalue weighted by molar-refractivity contribution is -0.141. The number of carbonyl (C=O) groups is 2. The van der Waals surface area contributed by atoms with E-state index < -0.39 is 0 Å². The van der Waals surface area contributed by atoms with Crippen molar-refractivity contribution in [2.75, 3.05) is 0 Å². The minimum atomic E-state index is 0.0625. The Kier molecular flexibility index (Phi) is 3.51. The van der Waals surface area contributed by atoms with Gasteiger partial charge in [-0.2, -0.15) is 0 Å². The third kappa shape index (κ3) is 2.49. The maximum absolute atomic E-state index is 8.95. The Labute approximate surface area is 71.4 Å². The van der Waals surface area contributed by atoms with Crippen molar-refractivity contribution in [1.29, 1.82) is 0 Å². The van der Waals surface area contributed by atoms with E-state index in [2.05, 4.69) is 16.9 Å². The molecule has 3 nitrogen and oxygen atoms in total. The van der Waals surface area contributed by atoms with Gasteiger partial charge >= 0.3 is 12.9 Å². The topological polar surface area (TPSA) is 43.4 Å². The molecule has 0 N–H and O–H groups in total. The second-order valence-electron chi connectivity index (χ2n) is 3.05. The molecular formula is C9H12O3. The quantitative estimate of drug-likeness (QED) is 0.354. The van der Waals surface area contributed by atoms with Gasteiger partial charge < -0.3 is 4.74 Å². The Hall–Kier alpha value is -1.12. The van der Waals surface area contributed by atoms with Gasteiger partial charge in [0.15, 0.2) is 0 Å². The van der Waals surface area contributed by atoms with Gasteiger partial charge in [-0.15, -0.1) is 0 Å². The molecule has 0 spiro atoms. The molecule has 2 rings (SSSR count). The Morgan fingerprint density at radius 1 is 1.08 bits per heavy atom. The van der Waals surface area contributed by atoms with Gasteiger partial charge in [0.2, 0.25) is 0 Å². The van der Waals surface area contributed by atoms with Gasteiger partial charge in [0, 0.05) is 0 Å². The summed E-state index contributed by atoms with van der Waals surface area (Å²) in [6.07, 6.45) is 9.19. The van der Waals surface area contributed by atoms with E-state index in [0.717, 1.165) is 11.8 Å². The van der Waals surface area contributed by atoms with Crippen LogP contribution in [0.2, 0.25) is 0 Å². The van der Waals surface area contributed by atoms with Gasteiger partial charge in [0.1, 0.15) is 0 Å². The van der Waals surface area contributed by atoms with Gasteiger partial charge in [0.05, 0.1) is 0 Å². The number of hydrogen-bond donors (Lipinski definition) is 0. The lowest BCUT2D eigenvalue weighted by atomic mass is 10.1. The zero-order valence-electron chi connectivity index (χ0n) is 6.81. The number of allylic oxidation sites excluding steroid dienone is 2. The van der Waals surface area contributed by atoms with Crippen molar-refractivity contribution >= 4 is 12.9 Å². The molecule has 2 aliphatic carbocycles. The maximum Gasteiger partial charge on any atom is 0.300 e. The van der Waals surface area contributed by atoms with Gasteiger partial charge in [-0.05, 0) is 31.1 Å². The molecule has 0 saturated heterocycles. The summed E-state index contributed by atoms with van der Waals surface area (Å²) in [5.41, 5.74) is 0. The number of fused-ring (bicyclic) bond motifs is 2. The maximum atomic E-state index is 8.95. The van der Waals surface area contributed by atoms with E-state index >= 15 is 0 Å². The average Bonchev–Trinajstić information content (AvgIpc) is 2.69. The highest BCUT2D eigenvalue weighted by molar-refractivity contribution is 5.55. The smallest absolute Gasteiger partial charge is 0.300 e. The highest BCUT2D eigenvalue weighted by Crippen LogP contribution is 2.38. The SMILES string of the molecule is C1=CC2CCC1C2.O=COC=O. The Morgan fingerprint density at radius 3 is 1.67 bits per heavy atom. The van der Waals surface area contributed by atoms with E-state index in [-0.39, 0.29) is 12.9 Å². The molecule has 1 fully saturated rings. The Balaban J connectivity index is 0.000000130. The van der Waals surface area contributed by atoms with Gasteiger partial charge in [-0.25, -0.2) is 0 Å². The van der Waals surface area contributed by atoms with Crippen LogP contribution in [0.15, 0.2) is 12.2 Å². The lowest BCUT2D eigenvalue weighted by Crippen LogP contribution is -1.82. The molecule has 0 aliphatic heterocycles. The average molecular weight is 168 g/mol. The molecular weight excluding hydrogens is 156 g/mol. The Morgan fingerprint density at radius 2 is 1.58 bits per heavy atom. The molecule has 0 radical (unpaired) electrons. The van der Waals surface area contributed by atoms with Crippen LogP contribution >= 0.6 is 0 Å². The van der Waals surface area contributed by atoms with E-state index in [1.165, 1.54) is 19.3 Å². The largest absolute Gasteiger partial charge is 0.398 e. The zero-order valence-corrected chi connectivity index (χ0v) is 6.81. The molecule has 3 heteroatoms. The van der Waals surface area contributed by atoms with Crippen molar-refractivity contribution in [1.82, 2.24) is 0 Å². The predicted molar refractivity (Wildman–Crippen MR) is 43.2 cm³/mol. The molecule has 2 unspecified atom stereocenters. The fourth-order valence-corrected chi connectivity index (χ4v) is 1.74. The molecule has 2 aliphatic rings. The molecule has 2 bridgehead atoms. The summed E-state index contributed by atoms with van der Waals surface area (Å²) in [5.74, 6) is 1.98. The number of rotatable bonds is 2. The fraction of sp³-hybridized carbons (Fsp3) is 0.556. The summed E-state index contributed by atoms with van der Waals surface area (Å²) < 4.78 is 3.47. The third-order valence-electron chi connectivity index (χ3n) is 2.28. The molecule has 0 heterocycles. The van der Waals surface area contributed by atoms with Gasteiger partial charge in [-0.1, -0.05) is 12.2 Å². The molecule has 0 amide bonds. The first-order valence-corrected chi connectivity index (χ1v) is 4.08. The zero-order chi connectivity index (χ0) is 8.81. The summed E-state index contributed by atoms with van der Waals surface area (Å²) in [7, 11) is 0. The lowest BCUT2D eigenvalue weighted by Gasteiger charge is -1.96. The van der Waals surface area contributed by atoms with Crippen LogP contribution in [-0.2, 0) is 14.3 Å². The van der Waals surface area contributed by atoms with Crippen molar-refractivity contribution in [2.24, 2.45) is 11.8 Å². The van der Waals surface area contributed by atoms with Crippen LogP contribution in [0.3, 0.4) is 0 Å². The van der Waals surface area contributed by atoms with Crippen molar-refractivity contribution in [3.05, 3.63) is 12.2 Å². The van der Waals surface area contributed by atoms with Crippen molar-refractivity contribution < 1.29 is 14.3 Å². The molecule has 0 aromatic carbocycles. The second kappa shape index (κ2) is 4.70. The van der Waals surface area contributed by atoms with Crippen LogP contribution < -0.4 is 0 Å².